The fraction of sp³-hybridized carbons (Fsp3) is 0.227. The molecule has 1 N–H and O–H groups in total. The highest BCUT2D eigenvalue weighted by molar-refractivity contribution is 6.00. The molecular formula is C22H21FN2O3. The lowest BCUT2D eigenvalue weighted by Gasteiger charge is -2.08. The molecule has 1 amide bonds. The van der Waals surface area contributed by atoms with Crippen LogP contribution in [0.4, 0.5) is 10.1 Å². The summed E-state index contributed by atoms with van der Waals surface area (Å²) < 4.78 is 18.6. The van der Waals surface area contributed by atoms with Crippen LogP contribution in [0.1, 0.15) is 36.5 Å². The lowest BCUT2D eigenvalue weighted by molar-refractivity contribution is -0.142. The van der Waals surface area contributed by atoms with E-state index in [0.29, 0.717) is 17.0 Å². The third kappa shape index (κ3) is 5.78. The van der Waals surface area contributed by atoms with E-state index >= 15 is 0 Å². The van der Waals surface area contributed by atoms with Gasteiger partial charge >= 0.3 is 5.97 Å². The molecule has 6 heteroatoms. The lowest BCUT2D eigenvalue weighted by Crippen LogP contribution is -2.22. The molecule has 0 spiro atoms. The fourth-order valence-electron chi connectivity index (χ4n) is 2.40. The Labute approximate surface area is 163 Å². The van der Waals surface area contributed by atoms with Crippen LogP contribution >= 0.6 is 0 Å². The number of hydrogen-bond donors (Lipinski definition) is 1. The molecule has 0 aromatic heterocycles. The molecule has 0 aliphatic carbocycles. The summed E-state index contributed by atoms with van der Waals surface area (Å²) in [5, 5.41) is 11.5. The summed E-state index contributed by atoms with van der Waals surface area (Å²) in [7, 11) is 0. The molecule has 0 saturated carbocycles. The molecule has 2 aromatic rings. The Bertz CT molecular complexity index is 941. The van der Waals surface area contributed by atoms with Gasteiger partial charge in [0.15, 0.2) is 6.61 Å². The number of halogens is 1. The molecule has 0 fully saturated rings. The Morgan fingerprint density at radius 2 is 1.89 bits per heavy atom. The highest BCUT2D eigenvalue weighted by Crippen LogP contribution is 2.17. The number of anilines is 1. The minimum Gasteiger partial charge on any atom is -0.451 e. The summed E-state index contributed by atoms with van der Waals surface area (Å²) >= 11 is 0. The molecule has 0 atom stereocenters. The molecule has 5 nitrogen and oxygen atoms in total. The second kappa shape index (κ2) is 9.47. The Morgan fingerprint density at radius 1 is 1.21 bits per heavy atom. The quantitative estimate of drug-likeness (QED) is 0.459. The van der Waals surface area contributed by atoms with Crippen molar-refractivity contribution in [3.05, 3.63) is 70.5 Å². The normalized spacial score (nSPS) is 11.1. The van der Waals surface area contributed by atoms with E-state index < -0.39 is 24.3 Å². The average molecular weight is 380 g/mol. The standard InChI is InChI=1S/C22H21FN2O3/c1-14(2)17-7-5-16(6-8-17)11-18(12-24)22(27)28-13-21(26)25-20-9-4-15(3)10-19(20)23/h4-11,14H,13H2,1-3H3,(H,25,26)/b18-11+. The van der Waals surface area contributed by atoms with Gasteiger partial charge in [-0.15, -0.1) is 0 Å². The van der Waals surface area contributed by atoms with Crippen molar-refractivity contribution in [2.24, 2.45) is 0 Å². The molecule has 144 valence electrons. The van der Waals surface area contributed by atoms with E-state index in [4.69, 9.17) is 4.74 Å². The number of amides is 1. The SMILES string of the molecule is Cc1ccc(NC(=O)COC(=O)/C(C#N)=C/c2ccc(C(C)C)cc2)c(F)c1. The summed E-state index contributed by atoms with van der Waals surface area (Å²) in [5.74, 6) is -1.83. The maximum Gasteiger partial charge on any atom is 0.349 e. The zero-order valence-corrected chi connectivity index (χ0v) is 16.0. The Kier molecular flexibility index (Phi) is 7.05. The second-order valence-corrected chi connectivity index (χ2v) is 6.60. The number of carbonyl (C=O) groups excluding carboxylic acids is 2. The van der Waals surface area contributed by atoms with Crippen molar-refractivity contribution in [1.29, 1.82) is 5.26 Å². The Balaban J connectivity index is 1.97. The number of nitriles is 1. The lowest BCUT2D eigenvalue weighted by atomic mass is 10.0. The van der Waals surface area contributed by atoms with Gasteiger partial charge in [0.05, 0.1) is 5.69 Å². The number of nitrogens with zero attached hydrogens (tertiary/aromatic N) is 1. The molecule has 0 radical (unpaired) electrons. The van der Waals surface area contributed by atoms with Crippen molar-refractivity contribution in [3.8, 4) is 6.07 Å². The van der Waals surface area contributed by atoms with Gasteiger partial charge in [0.1, 0.15) is 17.5 Å². The topological polar surface area (TPSA) is 79.2 Å². The monoisotopic (exact) mass is 380 g/mol. The second-order valence-electron chi connectivity index (χ2n) is 6.60. The first kappa shape index (κ1) is 20.8. The van der Waals surface area contributed by atoms with Crippen molar-refractivity contribution in [3.63, 3.8) is 0 Å². The third-order valence-electron chi connectivity index (χ3n) is 3.99. The molecular weight excluding hydrogens is 359 g/mol. The van der Waals surface area contributed by atoms with Crippen LogP contribution in [-0.2, 0) is 14.3 Å². The highest BCUT2D eigenvalue weighted by atomic mass is 19.1. The molecule has 0 bridgehead atoms. The van der Waals surface area contributed by atoms with E-state index in [1.54, 1.807) is 31.2 Å². The number of benzene rings is 2. The molecule has 0 heterocycles. The molecule has 0 saturated heterocycles. The van der Waals surface area contributed by atoms with Gasteiger partial charge in [-0.1, -0.05) is 44.2 Å². The first-order chi connectivity index (χ1) is 13.3. The average Bonchev–Trinajstić information content (AvgIpc) is 2.66. The number of ether oxygens (including phenoxy) is 1. The van der Waals surface area contributed by atoms with Gasteiger partial charge in [-0.2, -0.15) is 5.26 Å². The fourth-order valence-corrected chi connectivity index (χ4v) is 2.40. The summed E-state index contributed by atoms with van der Waals surface area (Å²) in [6.45, 7) is 5.23. The maximum absolute atomic E-state index is 13.7. The number of hydrogen-bond acceptors (Lipinski definition) is 4. The molecule has 0 aliphatic heterocycles. The highest BCUT2D eigenvalue weighted by Gasteiger charge is 2.14. The summed E-state index contributed by atoms with van der Waals surface area (Å²) in [6.07, 6.45) is 1.39. The predicted octanol–water partition coefficient (Wildman–Crippen LogP) is 4.35. The maximum atomic E-state index is 13.7. The van der Waals surface area contributed by atoms with E-state index in [9.17, 15) is 19.2 Å². The first-order valence-corrected chi connectivity index (χ1v) is 8.75. The van der Waals surface area contributed by atoms with E-state index in [-0.39, 0.29) is 11.3 Å². The van der Waals surface area contributed by atoms with Crippen LogP contribution in [0, 0.1) is 24.1 Å². The third-order valence-corrected chi connectivity index (χ3v) is 3.99. The number of esters is 1. The van der Waals surface area contributed by atoms with Crippen LogP contribution in [0.5, 0.6) is 0 Å². The summed E-state index contributed by atoms with van der Waals surface area (Å²) in [4.78, 5) is 23.9. The molecule has 28 heavy (non-hydrogen) atoms. The van der Waals surface area contributed by atoms with Crippen molar-refractivity contribution in [1.82, 2.24) is 0 Å². The number of aryl methyl sites for hydroxylation is 1. The van der Waals surface area contributed by atoms with Gasteiger partial charge in [0, 0.05) is 0 Å². The van der Waals surface area contributed by atoms with Gasteiger partial charge in [-0.05, 0) is 47.7 Å². The van der Waals surface area contributed by atoms with E-state index in [1.165, 1.54) is 18.2 Å². The van der Waals surface area contributed by atoms with Crippen molar-refractivity contribution in [2.75, 3.05) is 11.9 Å². The molecule has 2 rings (SSSR count). The predicted molar refractivity (Wildman–Crippen MR) is 105 cm³/mol. The van der Waals surface area contributed by atoms with Crippen molar-refractivity contribution >= 4 is 23.6 Å². The molecule has 0 unspecified atom stereocenters. The van der Waals surface area contributed by atoms with E-state index in [2.05, 4.69) is 19.2 Å². The minimum absolute atomic E-state index is 0.00654. The Hall–Kier alpha value is -3.46. The largest absolute Gasteiger partial charge is 0.451 e. The summed E-state index contributed by atoms with van der Waals surface area (Å²) in [5.41, 5.74) is 2.29. The van der Waals surface area contributed by atoms with E-state index in [1.807, 2.05) is 12.1 Å². The van der Waals surface area contributed by atoms with E-state index in [0.717, 1.165) is 5.56 Å². The number of nitrogens with one attached hydrogen (secondary N) is 1. The van der Waals surface area contributed by atoms with Crippen molar-refractivity contribution < 1.29 is 18.7 Å². The van der Waals surface area contributed by atoms with Crippen LogP contribution in [0.3, 0.4) is 0 Å². The number of rotatable bonds is 6. The van der Waals surface area contributed by atoms with Crippen LogP contribution in [0.25, 0.3) is 6.08 Å². The van der Waals surface area contributed by atoms with Gasteiger partial charge in [-0.3, -0.25) is 4.79 Å². The zero-order chi connectivity index (χ0) is 20.7. The minimum atomic E-state index is -0.921. The van der Waals surface area contributed by atoms with Crippen molar-refractivity contribution in [2.45, 2.75) is 26.7 Å². The van der Waals surface area contributed by atoms with Crippen LogP contribution in [-0.4, -0.2) is 18.5 Å². The summed E-state index contributed by atoms with van der Waals surface area (Å²) in [6, 6.07) is 13.5. The Morgan fingerprint density at radius 3 is 2.46 bits per heavy atom. The van der Waals surface area contributed by atoms with Crippen LogP contribution < -0.4 is 5.32 Å². The molecule has 0 aliphatic rings. The molecule has 2 aromatic carbocycles. The van der Waals surface area contributed by atoms with Gasteiger partial charge in [0.25, 0.3) is 5.91 Å². The number of carbonyl (C=O) groups is 2. The van der Waals surface area contributed by atoms with Gasteiger partial charge in [-0.25, -0.2) is 9.18 Å². The van der Waals surface area contributed by atoms with Gasteiger partial charge < -0.3 is 10.1 Å². The van der Waals surface area contributed by atoms with Crippen LogP contribution in [0.15, 0.2) is 48.0 Å². The zero-order valence-electron chi connectivity index (χ0n) is 16.0. The van der Waals surface area contributed by atoms with Crippen LogP contribution in [0.2, 0.25) is 0 Å². The first-order valence-electron chi connectivity index (χ1n) is 8.75. The van der Waals surface area contributed by atoms with Gasteiger partial charge in [0.2, 0.25) is 0 Å². The smallest absolute Gasteiger partial charge is 0.349 e.